The van der Waals surface area contributed by atoms with Crippen LogP contribution in [-0.2, 0) is 19.1 Å². The van der Waals surface area contributed by atoms with Crippen molar-refractivity contribution in [2.75, 3.05) is 47.4 Å². The third-order valence-electron chi connectivity index (χ3n) is 3.68. The van der Waals surface area contributed by atoms with Gasteiger partial charge in [0.25, 0.3) is 0 Å². The molecule has 3 amide bonds. The summed E-state index contributed by atoms with van der Waals surface area (Å²) in [6.45, 7) is 2.62. The van der Waals surface area contributed by atoms with Crippen LogP contribution in [0.3, 0.4) is 0 Å². The number of hydrogen-bond acceptors (Lipinski definition) is 5. The summed E-state index contributed by atoms with van der Waals surface area (Å²) in [7, 11) is 4.69. The number of hydrogen-bond donors (Lipinski definition) is 1. The van der Waals surface area contributed by atoms with E-state index in [1.807, 2.05) is 0 Å². The first-order valence-electron chi connectivity index (χ1n) is 8.10. The van der Waals surface area contributed by atoms with E-state index in [9.17, 15) is 14.4 Å². The van der Waals surface area contributed by atoms with Gasteiger partial charge in [0.1, 0.15) is 6.04 Å². The number of nitrogens with zero attached hydrogens (tertiary/aromatic N) is 4. The van der Waals surface area contributed by atoms with Crippen molar-refractivity contribution in [2.24, 2.45) is 0 Å². The monoisotopic (exact) mass is 353 g/mol. The third kappa shape index (κ3) is 6.92. The molecule has 0 unspecified atom stereocenters. The maximum Gasteiger partial charge on any atom is 0.247 e. The Hall–Kier alpha value is -2.42. The standard InChI is InChI=1S/C16H27N5O4/c1-13(21-9-5-8-18-21)16(24)20(3)12-15(23)19(2)11-14(22)17-7-6-10-25-4/h5,8-9,13H,6-7,10-12H2,1-4H3,(H,17,22)/t13-/m1/s1. The largest absolute Gasteiger partial charge is 0.385 e. The molecule has 1 heterocycles. The number of nitrogens with one attached hydrogen (secondary N) is 1. The second-order valence-corrected chi connectivity index (χ2v) is 5.80. The number of aromatic nitrogens is 2. The topological polar surface area (TPSA) is 96.8 Å². The van der Waals surface area contributed by atoms with E-state index in [2.05, 4.69) is 10.4 Å². The highest BCUT2D eigenvalue weighted by atomic mass is 16.5. The summed E-state index contributed by atoms with van der Waals surface area (Å²) >= 11 is 0. The average Bonchev–Trinajstić information content (AvgIpc) is 3.11. The highest BCUT2D eigenvalue weighted by Gasteiger charge is 2.23. The van der Waals surface area contributed by atoms with Crippen LogP contribution in [0, 0.1) is 0 Å². The average molecular weight is 353 g/mol. The van der Waals surface area contributed by atoms with Gasteiger partial charge in [-0.1, -0.05) is 0 Å². The van der Waals surface area contributed by atoms with Gasteiger partial charge in [-0.2, -0.15) is 5.10 Å². The van der Waals surface area contributed by atoms with Gasteiger partial charge in [0, 0.05) is 46.8 Å². The van der Waals surface area contributed by atoms with Crippen molar-refractivity contribution in [1.29, 1.82) is 0 Å². The lowest BCUT2D eigenvalue weighted by molar-refractivity contribution is -0.141. The minimum absolute atomic E-state index is 0.0530. The lowest BCUT2D eigenvalue weighted by Gasteiger charge is -2.24. The zero-order chi connectivity index (χ0) is 18.8. The summed E-state index contributed by atoms with van der Waals surface area (Å²) in [4.78, 5) is 38.9. The number of ether oxygens (including phenoxy) is 1. The Bertz CT molecular complexity index is 561. The van der Waals surface area contributed by atoms with Gasteiger partial charge in [0.15, 0.2) is 0 Å². The number of carbonyl (C=O) groups excluding carboxylic acids is 3. The lowest BCUT2D eigenvalue weighted by Crippen LogP contribution is -2.45. The van der Waals surface area contributed by atoms with Crippen LogP contribution in [-0.4, -0.2) is 84.7 Å². The Balaban J connectivity index is 2.40. The van der Waals surface area contributed by atoms with Gasteiger partial charge in [0.05, 0.1) is 13.1 Å². The van der Waals surface area contributed by atoms with E-state index in [1.165, 1.54) is 21.5 Å². The zero-order valence-corrected chi connectivity index (χ0v) is 15.3. The van der Waals surface area contributed by atoms with E-state index in [0.717, 1.165) is 0 Å². The van der Waals surface area contributed by atoms with Crippen LogP contribution >= 0.6 is 0 Å². The molecule has 1 atom stereocenters. The van der Waals surface area contributed by atoms with Crippen molar-refractivity contribution in [3.05, 3.63) is 18.5 Å². The van der Waals surface area contributed by atoms with Gasteiger partial charge in [0.2, 0.25) is 17.7 Å². The molecule has 0 saturated heterocycles. The summed E-state index contributed by atoms with van der Waals surface area (Å²) in [5.74, 6) is -0.782. The van der Waals surface area contributed by atoms with Gasteiger partial charge in [-0.25, -0.2) is 0 Å². The van der Waals surface area contributed by atoms with Crippen LogP contribution in [0.25, 0.3) is 0 Å². The van der Waals surface area contributed by atoms with Crippen molar-refractivity contribution in [3.63, 3.8) is 0 Å². The number of rotatable bonds is 10. The van der Waals surface area contributed by atoms with Gasteiger partial charge >= 0.3 is 0 Å². The van der Waals surface area contributed by atoms with Crippen LogP contribution in [0.2, 0.25) is 0 Å². The van der Waals surface area contributed by atoms with Gasteiger partial charge in [-0.05, 0) is 19.4 Å². The fourth-order valence-corrected chi connectivity index (χ4v) is 2.15. The molecular weight excluding hydrogens is 326 g/mol. The van der Waals surface area contributed by atoms with Crippen molar-refractivity contribution in [1.82, 2.24) is 24.9 Å². The lowest BCUT2D eigenvalue weighted by atomic mass is 10.3. The highest BCUT2D eigenvalue weighted by Crippen LogP contribution is 2.07. The summed E-state index contributed by atoms with van der Waals surface area (Å²) in [6, 6.07) is 1.23. The predicted octanol–water partition coefficient (Wildman–Crippen LogP) is -0.486. The zero-order valence-electron chi connectivity index (χ0n) is 15.3. The maximum atomic E-state index is 12.3. The minimum atomic E-state index is -0.498. The van der Waals surface area contributed by atoms with E-state index < -0.39 is 6.04 Å². The molecule has 1 N–H and O–H groups in total. The Labute approximate surface area is 147 Å². The van der Waals surface area contributed by atoms with Crippen LogP contribution in [0.15, 0.2) is 18.5 Å². The molecule has 9 heteroatoms. The molecule has 0 spiro atoms. The summed E-state index contributed by atoms with van der Waals surface area (Å²) in [6.07, 6.45) is 3.99. The molecule has 0 aliphatic rings. The van der Waals surface area contributed by atoms with Gasteiger partial charge in [-0.3, -0.25) is 19.1 Å². The summed E-state index contributed by atoms with van der Waals surface area (Å²) < 4.78 is 6.42. The maximum absolute atomic E-state index is 12.3. The minimum Gasteiger partial charge on any atom is -0.385 e. The van der Waals surface area contributed by atoms with Crippen LogP contribution < -0.4 is 5.32 Å². The Morgan fingerprint density at radius 1 is 1.24 bits per heavy atom. The van der Waals surface area contributed by atoms with Gasteiger partial charge < -0.3 is 19.9 Å². The second kappa shape index (κ2) is 10.4. The van der Waals surface area contributed by atoms with Gasteiger partial charge in [-0.15, -0.1) is 0 Å². The SMILES string of the molecule is COCCCNC(=O)CN(C)C(=O)CN(C)C(=O)[C@@H](C)n1cccn1. The quantitative estimate of drug-likeness (QED) is 0.573. The molecule has 9 nitrogen and oxygen atoms in total. The molecule has 1 aromatic heterocycles. The van der Waals surface area contributed by atoms with Crippen molar-refractivity contribution >= 4 is 17.7 Å². The Kier molecular flexibility index (Phi) is 8.62. The van der Waals surface area contributed by atoms with E-state index in [0.29, 0.717) is 19.6 Å². The molecule has 0 radical (unpaired) electrons. The fourth-order valence-electron chi connectivity index (χ4n) is 2.15. The van der Waals surface area contributed by atoms with Crippen molar-refractivity contribution in [3.8, 4) is 0 Å². The molecule has 1 rings (SSSR count). The summed E-state index contributed by atoms with van der Waals surface area (Å²) in [5, 5.41) is 6.74. The van der Waals surface area contributed by atoms with E-state index in [-0.39, 0.29) is 30.8 Å². The normalized spacial score (nSPS) is 11.7. The number of amides is 3. The molecule has 140 valence electrons. The predicted molar refractivity (Wildman–Crippen MR) is 91.7 cm³/mol. The molecule has 0 fully saturated rings. The first kappa shape index (κ1) is 20.6. The molecule has 0 aromatic carbocycles. The highest BCUT2D eigenvalue weighted by molar-refractivity contribution is 5.88. The van der Waals surface area contributed by atoms with Crippen LogP contribution in [0.1, 0.15) is 19.4 Å². The molecule has 0 aliphatic carbocycles. The molecule has 0 bridgehead atoms. The third-order valence-corrected chi connectivity index (χ3v) is 3.68. The van der Waals surface area contributed by atoms with E-state index in [1.54, 1.807) is 39.5 Å². The molecular formula is C16H27N5O4. The Morgan fingerprint density at radius 2 is 1.96 bits per heavy atom. The Morgan fingerprint density at radius 3 is 2.56 bits per heavy atom. The molecule has 25 heavy (non-hydrogen) atoms. The number of likely N-dealkylation sites (N-methyl/N-ethyl adjacent to an activating group) is 2. The van der Waals surface area contributed by atoms with E-state index >= 15 is 0 Å². The number of carbonyl (C=O) groups is 3. The van der Waals surface area contributed by atoms with Crippen molar-refractivity contribution < 1.29 is 19.1 Å². The first-order chi connectivity index (χ1) is 11.9. The fraction of sp³-hybridized carbons (Fsp3) is 0.625. The molecule has 1 aromatic rings. The smallest absolute Gasteiger partial charge is 0.247 e. The van der Waals surface area contributed by atoms with Crippen molar-refractivity contribution in [2.45, 2.75) is 19.4 Å². The summed E-state index contributed by atoms with van der Waals surface area (Å²) in [5.41, 5.74) is 0. The second-order valence-electron chi connectivity index (χ2n) is 5.80. The molecule has 0 saturated carbocycles. The van der Waals surface area contributed by atoms with E-state index in [4.69, 9.17) is 4.74 Å². The number of methoxy groups -OCH3 is 1. The molecule has 0 aliphatic heterocycles. The van der Waals surface area contributed by atoms with Crippen LogP contribution in [0.4, 0.5) is 0 Å². The first-order valence-corrected chi connectivity index (χ1v) is 8.10. The van der Waals surface area contributed by atoms with Crippen LogP contribution in [0.5, 0.6) is 0 Å².